The zero-order valence-electron chi connectivity index (χ0n) is 40.8. The number of benzene rings is 5. The summed E-state index contributed by atoms with van der Waals surface area (Å²) in [7, 11) is 0. The summed E-state index contributed by atoms with van der Waals surface area (Å²) < 4.78 is 0. The minimum Gasteiger partial charge on any atom is -0.324 e. The molecule has 4 N–H and O–H groups in total. The molecule has 66 heavy (non-hydrogen) atoms. The van der Waals surface area contributed by atoms with Gasteiger partial charge in [0.25, 0.3) is 23.6 Å². The topological polar surface area (TPSA) is 200 Å². The summed E-state index contributed by atoms with van der Waals surface area (Å²) in [6.07, 6.45) is 0. The Bertz CT molecular complexity index is 2280. The van der Waals surface area contributed by atoms with Crippen LogP contribution >= 0.6 is 0 Å². The molecule has 2 atom stereocenters. The maximum Gasteiger partial charge on any atom is 0.258 e. The number of anilines is 4. The van der Waals surface area contributed by atoms with Crippen molar-refractivity contribution in [1.82, 2.24) is 0 Å². The van der Waals surface area contributed by atoms with E-state index in [2.05, 4.69) is 41.7 Å². The predicted molar refractivity (Wildman–Crippen MR) is 268 cm³/mol. The Morgan fingerprint density at radius 3 is 1.03 bits per heavy atom. The first-order valence-electron chi connectivity index (χ1n) is 22.2. The van der Waals surface area contributed by atoms with Gasteiger partial charge in [0.1, 0.15) is 0 Å². The first kappa shape index (κ1) is 56.5. The molecule has 14 nitrogen and oxygen atoms in total. The number of carbonyl (C=O) groups excluding carboxylic acids is 6. The van der Waals surface area contributed by atoms with Crippen molar-refractivity contribution in [2.24, 2.45) is 20.5 Å². The number of ketones is 2. The minimum absolute atomic E-state index is 0.310. The van der Waals surface area contributed by atoms with Crippen LogP contribution in [0.3, 0.4) is 0 Å². The number of carbonyl (C=O) groups is 6. The standard InChI is InChI=1S/C44H42N8O6.4C2H6/c1-25-17-19-31(41(55)45-33-13-9-7-10-14-33)23-37(25)49-51-39(29(5)53)43(57)47-35-21-28(4)36(22-27(35)3)48-44(58)40(30(6)54)52-50-38-24-32(20-18-26(38)2)42(56)46-34-15-11-8-12-16-34;4*1-2/h7-24,39-40H,1-6H3,(H,45,55)(H,46,56)(H,47,57)(H,48,58);4*1-2H3. The van der Waals surface area contributed by atoms with Crippen LogP contribution in [0.25, 0.3) is 0 Å². The van der Waals surface area contributed by atoms with E-state index < -0.39 is 35.5 Å². The van der Waals surface area contributed by atoms with E-state index in [0.717, 1.165) is 0 Å². The van der Waals surface area contributed by atoms with Gasteiger partial charge in [-0.05, 0) is 124 Å². The molecular formula is C52H66N8O6. The molecule has 5 aromatic carbocycles. The number of hydrogen-bond acceptors (Lipinski definition) is 10. The zero-order valence-corrected chi connectivity index (χ0v) is 40.8. The van der Waals surface area contributed by atoms with Gasteiger partial charge in [0.2, 0.25) is 12.1 Å². The largest absolute Gasteiger partial charge is 0.324 e. The Morgan fingerprint density at radius 2 is 0.727 bits per heavy atom. The third-order valence-electron chi connectivity index (χ3n) is 8.92. The van der Waals surface area contributed by atoms with Crippen LogP contribution in [-0.4, -0.2) is 47.3 Å². The second kappa shape index (κ2) is 29.8. The molecule has 0 aliphatic heterocycles. The molecule has 0 bridgehead atoms. The summed E-state index contributed by atoms with van der Waals surface area (Å²) in [5.74, 6) is -3.31. The van der Waals surface area contributed by atoms with Crippen molar-refractivity contribution >= 4 is 69.3 Å². The third-order valence-corrected chi connectivity index (χ3v) is 8.92. The molecule has 350 valence electrons. The van der Waals surface area contributed by atoms with Crippen molar-refractivity contribution < 1.29 is 28.8 Å². The maximum atomic E-state index is 13.4. The van der Waals surface area contributed by atoms with Crippen molar-refractivity contribution in [3.05, 3.63) is 143 Å². The highest BCUT2D eigenvalue weighted by Crippen LogP contribution is 2.27. The number of para-hydroxylation sites is 2. The monoisotopic (exact) mass is 899 g/mol. The highest BCUT2D eigenvalue weighted by molar-refractivity contribution is 6.12. The fourth-order valence-electron chi connectivity index (χ4n) is 5.53. The maximum absolute atomic E-state index is 13.4. The molecule has 5 aromatic rings. The summed E-state index contributed by atoms with van der Waals surface area (Å²) in [5, 5.41) is 27.5. The zero-order chi connectivity index (χ0) is 49.9. The van der Waals surface area contributed by atoms with E-state index in [1.165, 1.54) is 26.0 Å². The second-order valence-electron chi connectivity index (χ2n) is 13.6. The summed E-state index contributed by atoms with van der Waals surface area (Å²) in [6, 6.07) is 27.8. The van der Waals surface area contributed by atoms with Gasteiger partial charge in [-0.1, -0.05) is 104 Å². The van der Waals surface area contributed by atoms with E-state index in [9.17, 15) is 28.8 Å². The summed E-state index contributed by atoms with van der Waals surface area (Å²) in [5.41, 5.74) is 5.61. The fraction of sp³-hybridized carbons (Fsp3) is 0.308. The number of hydrogen-bond donors (Lipinski definition) is 4. The highest BCUT2D eigenvalue weighted by Gasteiger charge is 2.26. The van der Waals surface area contributed by atoms with Crippen LogP contribution < -0.4 is 21.3 Å². The van der Waals surface area contributed by atoms with Gasteiger partial charge in [-0.3, -0.25) is 28.8 Å². The molecule has 0 saturated heterocycles. The molecule has 0 aromatic heterocycles. The number of azo groups is 2. The number of Topliss-reactive ketones (excluding diaryl/α,β-unsaturated/α-hetero) is 2. The molecule has 0 aliphatic rings. The van der Waals surface area contributed by atoms with E-state index in [4.69, 9.17) is 0 Å². The Balaban J connectivity index is 0.00000258. The number of nitrogens with zero attached hydrogens (tertiary/aromatic N) is 4. The fourth-order valence-corrected chi connectivity index (χ4v) is 5.53. The SMILES string of the molecule is CC.CC.CC.CC.CC(=O)C(N=Nc1cc(C(=O)Nc2ccccc2)ccc1C)C(=O)Nc1cc(C)c(NC(=O)C(N=Nc2cc(C(=O)Nc3ccccc3)ccc2C)C(C)=O)cc1C. The van der Waals surface area contributed by atoms with Gasteiger partial charge in [-0.15, -0.1) is 0 Å². The summed E-state index contributed by atoms with van der Waals surface area (Å²) in [4.78, 5) is 77.6. The van der Waals surface area contributed by atoms with Crippen LogP contribution in [0.4, 0.5) is 34.1 Å². The van der Waals surface area contributed by atoms with Gasteiger partial charge in [-0.2, -0.15) is 20.5 Å². The first-order valence-corrected chi connectivity index (χ1v) is 22.2. The van der Waals surface area contributed by atoms with Crippen LogP contribution in [0, 0.1) is 27.7 Å². The Kier molecular flexibility index (Phi) is 25.5. The van der Waals surface area contributed by atoms with Crippen molar-refractivity contribution in [3.8, 4) is 0 Å². The molecule has 14 heteroatoms. The molecule has 5 rings (SSSR count). The Labute approximate surface area is 390 Å². The molecular weight excluding hydrogens is 833 g/mol. The lowest BCUT2D eigenvalue weighted by molar-refractivity contribution is -0.127. The van der Waals surface area contributed by atoms with E-state index in [0.29, 0.717) is 67.5 Å². The smallest absolute Gasteiger partial charge is 0.258 e. The lowest BCUT2D eigenvalue weighted by Gasteiger charge is -2.16. The average Bonchev–Trinajstić information content (AvgIpc) is 3.32. The third kappa shape index (κ3) is 17.2. The van der Waals surface area contributed by atoms with Crippen LogP contribution in [0.2, 0.25) is 0 Å². The molecule has 0 spiro atoms. The van der Waals surface area contributed by atoms with Crippen molar-refractivity contribution in [3.63, 3.8) is 0 Å². The van der Waals surface area contributed by atoms with E-state index in [1.807, 2.05) is 67.5 Å². The first-order chi connectivity index (χ1) is 31.7. The van der Waals surface area contributed by atoms with Crippen molar-refractivity contribution in [2.45, 2.75) is 109 Å². The summed E-state index contributed by atoms with van der Waals surface area (Å²) in [6.45, 7) is 25.4. The van der Waals surface area contributed by atoms with Crippen molar-refractivity contribution in [2.75, 3.05) is 21.3 Å². The van der Waals surface area contributed by atoms with Gasteiger partial charge in [0, 0.05) is 33.9 Å². The van der Waals surface area contributed by atoms with Gasteiger partial charge in [0.05, 0.1) is 11.4 Å². The van der Waals surface area contributed by atoms with Crippen LogP contribution in [0.15, 0.2) is 130 Å². The normalized spacial score (nSPS) is 11.0. The van der Waals surface area contributed by atoms with Crippen LogP contribution in [0.5, 0.6) is 0 Å². The number of nitrogens with one attached hydrogen (secondary N) is 4. The van der Waals surface area contributed by atoms with Crippen LogP contribution in [-0.2, 0) is 19.2 Å². The van der Waals surface area contributed by atoms with Gasteiger partial charge < -0.3 is 21.3 Å². The van der Waals surface area contributed by atoms with Gasteiger partial charge in [0.15, 0.2) is 11.6 Å². The predicted octanol–water partition coefficient (Wildman–Crippen LogP) is 12.9. The lowest BCUT2D eigenvalue weighted by Crippen LogP contribution is -2.32. The number of amides is 4. The molecule has 0 heterocycles. The Morgan fingerprint density at radius 1 is 0.409 bits per heavy atom. The minimum atomic E-state index is -1.50. The molecule has 4 amide bonds. The van der Waals surface area contributed by atoms with Crippen LogP contribution in [0.1, 0.15) is 112 Å². The molecule has 0 saturated carbocycles. The van der Waals surface area contributed by atoms with Gasteiger partial charge >= 0.3 is 0 Å². The van der Waals surface area contributed by atoms with Gasteiger partial charge in [-0.25, -0.2) is 0 Å². The molecule has 0 radical (unpaired) electrons. The molecule has 0 aliphatic carbocycles. The number of rotatable bonds is 14. The quantitative estimate of drug-likeness (QED) is 0.0631. The second-order valence-corrected chi connectivity index (χ2v) is 13.6. The van der Waals surface area contributed by atoms with E-state index in [-0.39, 0.29) is 11.8 Å². The van der Waals surface area contributed by atoms with E-state index >= 15 is 0 Å². The number of aryl methyl sites for hydroxylation is 4. The van der Waals surface area contributed by atoms with E-state index in [1.54, 1.807) is 113 Å². The lowest BCUT2D eigenvalue weighted by atomic mass is 10.1. The average molecular weight is 899 g/mol. The molecule has 2 unspecified atom stereocenters. The molecule has 0 fully saturated rings. The Hall–Kier alpha value is -7.48. The summed E-state index contributed by atoms with van der Waals surface area (Å²) >= 11 is 0. The highest BCUT2D eigenvalue weighted by atomic mass is 16.2. The van der Waals surface area contributed by atoms with Crippen molar-refractivity contribution in [1.29, 1.82) is 0 Å².